The molecule has 172 valence electrons. The average molecular weight is 467 g/mol. The molecule has 2 fully saturated rings. The lowest BCUT2D eigenvalue weighted by molar-refractivity contribution is 0.213. The first-order chi connectivity index (χ1) is 16.0. The Morgan fingerprint density at radius 3 is 2.76 bits per heavy atom. The first kappa shape index (κ1) is 20.9. The summed E-state index contributed by atoms with van der Waals surface area (Å²) in [7, 11) is -3.42. The van der Waals surface area contributed by atoms with Crippen LogP contribution in [0.2, 0.25) is 0 Å². The van der Waals surface area contributed by atoms with Crippen LogP contribution in [0.3, 0.4) is 0 Å². The molecule has 0 radical (unpaired) electrons. The van der Waals surface area contributed by atoms with Gasteiger partial charge < -0.3 is 4.52 Å². The maximum atomic E-state index is 12.9. The first-order valence-electron chi connectivity index (χ1n) is 11.5. The van der Waals surface area contributed by atoms with Crippen molar-refractivity contribution < 1.29 is 12.9 Å². The maximum absolute atomic E-state index is 12.9. The molecule has 1 spiro atoms. The number of hydrogen-bond donors (Lipinski definition) is 1. The summed E-state index contributed by atoms with van der Waals surface area (Å²) in [4.78, 5) is 12.8. The summed E-state index contributed by atoms with van der Waals surface area (Å²) in [5.74, 6) is 1.42. The van der Waals surface area contributed by atoms with Gasteiger partial charge in [0.2, 0.25) is 5.82 Å². The number of hydrogen-bond acceptors (Lipinski definition) is 7. The maximum Gasteiger partial charge on any atom is 0.280 e. The van der Waals surface area contributed by atoms with Gasteiger partial charge in [-0.25, -0.2) is 4.98 Å². The number of nitrogens with one attached hydrogen (secondary N) is 1. The van der Waals surface area contributed by atoms with Gasteiger partial charge in [-0.2, -0.15) is 22.4 Å². The van der Waals surface area contributed by atoms with E-state index in [1.54, 1.807) is 22.9 Å². The van der Waals surface area contributed by atoms with Gasteiger partial charge in [0.05, 0.1) is 11.7 Å². The van der Waals surface area contributed by atoms with E-state index in [1.807, 2.05) is 13.0 Å². The van der Waals surface area contributed by atoms with Crippen molar-refractivity contribution in [1.29, 1.82) is 0 Å². The third-order valence-electron chi connectivity index (χ3n) is 7.49. The summed E-state index contributed by atoms with van der Waals surface area (Å²) in [6.45, 7) is 3.16. The third kappa shape index (κ3) is 3.39. The highest BCUT2D eigenvalue weighted by Crippen LogP contribution is 2.50. The fourth-order valence-electron chi connectivity index (χ4n) is 5.94. The smallest absolute Gasteiger partial charge is 0.280 e. The lowest BCUT2D eigenvalue weighted by Crippen LogP contribution is -2.52. The minimum absolute atomic E-state index is 0.272. The normalized spacial score (nSPS) is 28.2. The third-order valence-corrected chi connectivity index (χ3v) is 9.12. The second kappa shape index (κ2) is 7.68. The second-order valence-corrected chi connectivity index (χ2v) is 11.0. The molecule has 2 aromatic heterocycles. The molecule has 3 heterocycles. The van der Waals surface area contributed by atoms with Crippen molar-refractivity contribution in [3.05, 3.63) is 47.9 Å². The van der Waals surface area contributed by atoms with Gasteiger partial charge in [-0.05, 0) is 67.2 Å². The monoisotopic (exact) mass is 466 g/mol. The van der Waals surface area contributed by atoms with E-state index in [4.69, 9.17) is 4.52 Å². The molecule has 1 aliphatic heterocycles. The Bertz CT molecular complexity index is 1290. The quantitative estimate of drug-likeness (QED) is 0.629. The van der Waals surface area contributed by atoms with Crippen molar-refractivity contribution in [3.63, 3.8) is 0 Å². The van der Waals surface area contributed by atoms with Crippen molar-refractivity contribution in [2.75, 3.05) is 13.1 Å². The highest BCUT2D eigenvalue weighted by Gasteiger charge is 2.59. The summed E-state index contributed by atoms with van der Waals surface area (Å²) >= 11 is 0. The molecular formula is C23H26N6O3S. The van der Waals surface area contributed by atoms with Crippen LogP contribution in [0.4, 0.5) is 0 Å². The molecule has 3 atom stereocenters. The predicted molar refractivity (Wildman–Crippen MR) is 121 cm³/mol. The van der Waals surface area contributed by atoms with Gasteiger partial charge >= 0.3 is 0 Å². The summed E-state index contributed by atoms with van der Waals surface area (Å²) < 4.78 is 36.0. The van der Waals surface area contributed by atoms with Crippen LogP contribution in [0.25, 0.3) is 23.0 Å². The van der Waals surface area contributed by atoms with Crippen molar-refractivity contribution in [2.24, 2.45) is 11.8 Å². The zero-order valence-corrected chi connectivity index (χ0v) is 19.3. The second-order valence-electron chi connectivity index (χ2n) is 9.36. The molecule has 33 heavy (non-hydrogen) atoms. The Balaban J connectivity index is 1.31. The van der Waals surface area contributed by atoms with E-state index in [0.717, 1.165) is 37.7 Å². The van der Waals surface area contributed by atoms with Crippen LogP contribution in [0.5, 0.6) is 0 Å². The zero-order valence-electron chi connectivity index (χ0n) is 18.4. The van der Waals surface area contributed by atoms with Crippen LogP contribution in [0.1, 0.15) is 37.3 Å². The van der Waals surface area contributed by atoms with Gasteiger partial charge in [0.1, 0.15) is 5.69 Å². The molecule has 0 unspecified atom stereocenters. The SMILES string of the molecule is CCCN1C[C@@]2(NS1(=O)=O)[C@@H]1CC[C@H]2Cc2cc(-c3nc(-c4cnccn4)no3)ccc2C1. The molecule has 1 aromatic carbocycles. The molecule has 1 N–H and O–H groups in total. The standard InChI is InChI=1S/C23H26N6O3S/c1-2-9-29-14-23(28-33(29,30)31)18-5-6-19(23)12-17-10-16(4-3-15(17)11-18)22-26-21(27-32-22)20-13-24-7-8-25-20/h3-4,7-8,10,13,18-19,28H,2,5-6,9,11-12,14H2,1H3/t18-,19+,23-/m1/s1. The van der Waals surface area contributed by atoms with Crippen LogP contribution in [-0.4, -0.2) is 51.5 Å². The highest BCUT2D eigenvalue weighted by molar-refractivity contribution is 7.87. The lowest BCUT2D eigenvalue weighted by Gasteiger charge is -2.33. The molecule has 10 heteroatoms. The largest absolute Gasteiger partial charge is 0.334 e. The van der Waals surface area contributed by atoms with Crippen LogP contribution in [0, 0.1) is 11.8 Å². The molecule has 2 aliphatic carbocycles. The number of fused-ring (bicyclic) bond motifs is 1. The van der Waals surface area contributed by atoms with Crippen molar-refractivity contribution in [2.45, 2.75) is 44.6 Å². The van der Waals surface area contributed by atoms with Crippen LogP contribution in [-0.2, 0) is 23.1 Å². The highest BCUT2D eigenvalue weighted by atomic mass is 32.2. The van der Waals surface area contributed by atoms with E-state index >= 15 is 0 Å². The van der Waals surface area contributed by atoms with Crippen LogP contribution >= 0.6 is 0 Å². The molecule has 3 aromatic rings. The molecule has 1 saturated heterocycles. The molecule has 1 saturated carbocycles. The number of benzene rings is 1. The Kier molecular flexibility index (Phi) is 4.86. The Morgan fingerprint density at radius 2 is 2.00 bits per heavy atom. The summed E-state index contributed by atoms with van der Waals surface area (Å²) in [6.07, 6.45) is 9.42. The fourth-order valence-corrected chi connectivity index (χ4v) is 7.76. The molecule has 3 aliphatic rings. The Hall–Kier alpha value is -2.69. The van der Waals surface area contributed by atoms with Gasteiger partial charge in [0.15, 0.2) is 0 Å². The minimum atomic E-state index is -3.42. The van der Waals surface area contributed by atoms with Crippen molar-refractivity contribution >= 4 is 10.2 Å². The van der Waals surface area contributed by atoms with Gasteiger partial charge in [-0.1, -0.05) is 18.1 Å². The molecular weight excluding hydrogens is 440 g/mol. The van der Waals surface area contributed by atoms with Crippen molar-refractivity contribution in [3.8, 4) is 23.0 Å². The molecule has 9 nitrogen and oxygen atoms in total. The topological polar surface area (TPSA) is 114 Å². The minimum Gasteiger partial charge on any atom is -0.334 e. The van der Waals surface area contributed by atoms with Crippen LogP contribution in [0.15, 0.2) is 41.3 Å². The van der Waals surface area contributed by atoms with Gasteiger partial charge in [0, 0.05) is 31.0 Å². The fraction of sp³-hybridized carbons (Fsp3) is 0.478. The van der Waals surface area contributed by atoms with Crippen molar-refractivity contribution in [1.82, 2.24) is 29.1 Å². The number of rotatable bonds is 4. The van der Waals surface area contributed by atoms with E-state index < -0.39 is 10.2 Å². The Morgan fingerprint density at radius 1 is 1.18 bits per heavy atom. The Labute approximate surface area is 192 Å². The van der Waals surface area contributed by atoms with E-state index in [-0.39, 0.29) is 11.5 Å². The summed E-state index contributed by atoms with van der Waals surface area (Å²) in [5, 5.41) is 4.06. The number of nitrogens with zero attached hydrogens (tertiary/aromatic N) is 5. The molecule has 0 amide bonds. The van der Waals surface area contributed by atoms with Gasteiger partial charge in [0.25, 0.3) is 16.1 Å². The molecule has 2 bridgehead atoms. The summed E-state index contributed by atoms with van der Waals surface area (Å²) in [5.41, 5.74) is 3.57. The van der Waals surface area contributed by atoms with E-state index in [9.17, 15) is 8.42 Å². The average Bonchev–Trinajstić information content (AvgIpc) is 3.45. The van der Waals surface area contributed by atoms with E-state index in [2.05, 4.69) is 37.0 Å². The summed E-state index contributed by atoms with van der Waals surface area (Å²) in [6, 6.07) is 6.28. The van der Waals surface area contributed by atoms with Gasteiger partial charge in [-0.15, -0.1) is 0 Å². The van der Waals surface area contributed by atoms with Gasteiger partial charge in [-0.3, -0.25) is 4.98 Å². The van der Waals surface area contributed by atoms with Crippen LogP contribution < -0.4 is 4.72 Å². The number of aromatic nitrogens is 4. The lowest BCUT2D eigenvalue weighted by atomic mass is 9.79. The predicted octanol–water partition coefficient (Wildman–Crippen LogP) is 2.62. The molecule has 6 rings (SSSR count). The first-order valence-corrected chi connectivity index (χ1v) is 12.9. The zero-order chi connectivity index (χ0) is 22.6. The van der Waals surface area contributed by atoms with E-state index in [0.29, 0.717) is 36.4 Å². The van der Waals surface area contributed by atoms with E-state index in [1.165, 1.54) is 11.1 Å².